The number of aromatic nitrogens is 2. The van der Waals surface area contributed by atoms with E-state index in [1.54, 1.807) is 24.0 Å². The van der Waals surface area contributed by atoms with Crippen LogP contribution in [0.3, 0.4) is 0 Å². The van der Waals surface area contributed by atoms with Gasteiger partial charge in [0, 0.05) is 30.0 Å². The molecule has 1 heterocycles. The maximum absolute atomic E-state index is 12.6. The molecule has 0 fully saturated rings. The van der Waals surface area contributed by atoms with Crippen LogP contribution in [0.1, 0.15) is 24.8 Å². The molecule has 0 radical (unpaired) electrons. The molecule has 1 amide bonds. The van der Waals surface area contributed by atoms with Crippen LogP contribution in [0.5, 0.6) is 5.75 Å². The Hall–Kier alpha value is -2.67. The first kappa shape index (κ1) is 19.1. The molecule has 6 nitrogen and oxygen atoms in total. The SMILES string of the molecule is CCCN(Cc1cccc(-c2noc(C)n2)c1)C(=O)Oc1ccc(Br)cc1. The Morgan fingerprint density at radius 1 is 1.22 bits per heavy atom. The molecule has 0 spiro atoms. The van der Waals surface area contributed by atoms with Crippen molar-refractivity contribution >= 4 is 22.0 Å². The first-order chi connectivity index (χ1) is 13.0. The first-order valence-corrected chi connectivity index (χ1v) is 9.46. The molecule has 2 aromatic carbocycles. The van der Waals surface area contributed by atoms with Crippen LogP contribution in [0.4, 0.5) is 4.79 Å². The van der Waals surface area contributed by atoms with Gasteiger partial charge in [0.05, 0.1) is 0 Å². The zero-order chi connectivity index (χ0) is 19.2. The van der Waals surface area contributed by atoms with E-state index in [9.17, 15) is 4.79 Å². The zero-order valence-electron chi connectivity index (χ0n) is 15.2. The summed E-state index contributed by atoms with van der Waals surface area (Å²) in [7, 11) is 0. The monoisotopic (exact) mass is 429 g/mol. The zero-order valence-corrected chi connectivity index (χ0v) is 16.8. The number of amides is 1. The molecular weight excluding hydrogens is 410 g/mol. The Morgan fingerprint density at radius 2 is 2.00 bits per heavy atom. The standard InChI is InChI=1S/C20H20BrN3O3/c1-3-11-24(20(25)26-18-9-7-17(21)8-10-18)13-15-5-4-6-16(12-15)19-22-14(2)27-23-19/h4-10,12H,3,11,13H2,1-2H3. The molecule has 0 saturated carbocycles. The number of hydrogen-bond acceptors (Lipinski definition) is 5. The average Bonchev–Trinajstić information content (AvgIpc) is 3.10. The fraction of sp³-hybridized carbons (Fsp3) is 0.250. The van der Waals surface area contributed by atoms with Gasteiger partial charge in [0.15, 0.2) is 0 Å². The predicted molar refractivity (Wildman–Crippen MR) is 105 cm³/mol. The smallest absolute Gasteiger partial charge is 0.410 e. The summed E-state index contributed by atoms with van der Waals surface area (Å²) in [4.78, 5) is 18.5. The Bertz CT molecular complexity index is 909. The van der Waals surface area contributed by atoms with Crippen LogP contribution in [0.2, 0.25) is 0 Å². The number of ether oxygens (including phenoxy) is 1. The number of aryl methyl sites for hydroxylation is 1. The first-order valence-electron chi connectivity index (χ1n) is 8.67. The van der Waals surface area contributed by atoms with Crippen LogP contribution >= 0.6 is 15.9 Å². The lowest BCUT2D eigenvalue weighted by atomic mass is 10.1. The second-order valence-corrected chi connectivity index (χ2v) is 7.00. The maximum Gasteiger partial charge on any atom is 0.415 e. The van der Waals surface area contributed by atoms with E-state index in [2.05, 4.69) is 26.1 Å². The molecule has 3 aromatic rings. The maximum atomic E-state index is 12.6. The van der Waals surface area contributed by atoms with Crippen molar-refractivity contribution in [1.29, 1.82) is 0 Å². The summed E-state index contributed by atoms with van der Waals surface area (Å²) in [5.41, 5.74) is 1.82. The summed E-state index contributed by atoms with van der Waals surface area (Å²) in [6.07, 6.45) is 0.457. The molecule has 140 valence electrons. The van der Waals surface area contributed by atoms with Crippen molar-refractivity contribution in [3.05, 3.63) is 64.5 Å². The van der Waals surface area contributed by atoms with E-state index in [1.807, 2.05) is 43.3 Å². The molecule has 27 heavy (non-hydrogen) atoms. The van der Waals surface area contributed by atoms with Crippen LogP contribution in [0, 0.1) is 6.92 Å². The normalized spacial score (nSPS) is 10.6. The highest BCUT2D eigenvalue weighted by Crippen LogP contribution is 2.20. The van der Waals surface area contributed by atoms with E-state index in [1.165, 1.54) is 0 Å². The third-order valence-electron chi connectivity index (χ3n) is 3.86. The molecule has 0 atom stereocenters. The lowest BCUT2D eigenvalue weighted by Gasteiger charge is -2.21. The van der Waals surface area contributed by atoms with Crippen molar-refractivity contribution < 1.29 is 14.1 Å². The Labute approximate surface area is 166 Å². The van der Waals surface area contributed by atoms with Gasteiger partial charge in [-0.3, -0.25) is 0 Å². The van der Waals surface area contributed by atoms with Crippen LogP contribution in [-0.2, 0) is 6.54 Å². The minimum absolute atomic E-state index is 0.375. The summed E-state index contributed by atoms with van der Waals surface area (Å²) in [5, 5.41) is 3.95. The molecule has 0 aliphatic carbocycles. The Kier molecular flexibility index (Phi) is 6.24. The van der Waals surface area contributed by atoms with Gasteiger partial charge in [0.25, 0.3) is 0 Å². The van der Waals surface area contributed by atoms with Gasteiger partial charge < -0.3 is 14.2 Å². The fourth-order valence-corrected chi connectivity index (χ4v) is 2.88. The highest BCUT2D eigenvalue weighted by atomic mass is 79.9. The highest BCUT2D eigenvalue weighted by Gasteiger charge is 2.16. The average molecular weight is 430 g/mol. The third-order valence-corrected chi connectivity index (χ3v) is 4.39. The summed E-state index contributed by atoms with van der Waals surface area (Å²) in [5.74, 6) is 1.57. The molecule has 3 rings (SSSR count). The summed E-state index contributed by atoms with van der Waals surface area (Å²) in [6, 6.07) is 14.9. The number of carbonyl (C=O) groups is 1. The highest BCUT2D eigenvalue weighted by molar-refractivity contribution is 9.10. The minimum Gasteiger partial charge on any atom is -0.410 e. The minimum atomic E-state index is -0.375. The van der Waals surface area contributed by atoms with Crippen LogP contribution in [-0.4, -0.2) is 27.7 Å². The quantitative estimate of drug-likeness (QED) is 0.537. The van der Waals surface area contributed by atoms with Crippen molar-refractivity contribution in [2.45, 2.75) is 26.8 Å². The van der Waals surface area contributed by atoms with Gasteiger partial charge in [0.2, 0.25) is 11.7 Å². The number of halogens is 1. The number of nitrogens with zero attached hydrogens (tertiary/aromatic N) is 3. The van der Waals surface area contributed by atoms with Crippen molar-refractivity contribution in [2.75, 3.05) is 6.54 Å². The third kappa shape index (κ3) is 5.17. The number of hydrogen-bond donors (Lipinski definition) is 0. The van der Waals surface area contributed by atoms with Gasteiger partial charge >= 0.3 is 6.09 Å². The molecule has 7 heteroatoms. The molecule has 0 N–H and O–H groups in total. The largest absolute Gasteiger partial charge is 0.415 e. The Balaban J connectivity index is 1.73. The van der Waals surface area contributed by atoms with E-state index in [-0.39, 0.29) is 6.09 Å². The lowest BCUT2D eigenvalue weighted by molar-refractivity contribution is 0.149. The number of rotatable bonds is 6. The van der Waals surface area contributed by atoms with Crippen molar-refractivity contribution in [3.8, 4) is 17.1 Å². The van der Waals surface area contributed by atoms with Gasteiger partial charge in [-0.25, -0.2) is 4.79 Å². The van der Waals surface area contributed by atoms with E-state index in [0.717, 1.165) is 22.0 Å². The van der Waals surface area contributed by atoms with Crippen LogP contribution < -0.4 is 4.74 Å². The molecule has 1 aromatic heterocycles. The topological polar surface area (TPSA) is 68.5 Å². The van der Waals surface area contributed by atoms with Gasteiger partial charge in [-0.1, -0.05) is 46.2 Å². The predicted octanol–water partition coefficient (Wildman–Crippen LogP) is 5.22. The second kappa shape index (κ2) is 8.81. The van der Waals surface area contributed by atoms with E-state index >= 15 is 0 Å². The van der Waals surface area contributed by atoms with Gasteiger partial charge in [-0.2, -0.15) is 4.98 Å². The fourth-order valence-electron chi connectivity index (χ4n) is 2.62. The van der Waals surface area contributed by atoms with Crippen molar-refractivity contribution in [1.82, 2.24) is 15.0 Å². The molecule has 0 aliphatic rings. The van der Waals surface area contributed by atoms with E-state index in [4.69, 9.17) is 9.26 Å². The molecule has 0 aliphatic heterocycles. The number of benzene rings is 2. The summed E-state index contributed by atoms with van der Waals surface area (Å²) < 4.78 is 11.5. The van der Waals surface area contributed by atoms with Crippen molar-refractivity contribution in [2.24, 2.45) is 0 Å². The summed E-state index contributed by atoms with van der Waals surface area (Å²) >= 11 is 3.37. The van der Waals surface area contributed by atoms with E-state index < -0.39 is 0 Å². The Morgan fingerprint density at radius 3 is 2.67 bits per heavy atom. The molecular formula is C20H20BrN3O3. The second-order valence-electron chi connectivity index (χ2n) is 6.08. The van der Waals surface area contributed by atoms with Crippen molar-refractivity contribution in [3.63, 3.8) is 0 Å². The molecule has 0 saturated heterocycles. The van der Waals surface area contributed by atoms with Crippen LogP contribution in [0.25, 0.3) is 11.4 Å². The van der Waals surface area contributed by atoms with Gasteiger partial charge in [-0.15, -0.1) is 0 Å². The molecule has 0 unspecified atom stereocenters. The van der Waals surface area contributed by atoms with Crippen LogP contribution in [0.15, 0.2) is 57.5 Å². The lowest BCUT2D eigenvalue weighted by Crippen LogP contribution is -2.33. The number of carbonyl (C=O) groups excluding carboxylic acids is 1. The summed E-state index contributed by atoms with van der Waals surface area (Å²) in [6.45, 7) is 4.81. The van der Waals surface area contributed by atoms with Gasteiger partial charge in [0.1, 0.15) is 5.75 Å². The molecule has 0 bridgehead atoms. The van der Waals surface area contributed by atoms with E-state index in [0.29, 0.717) is 30.6 Å². The van der Waals surface area contributed by atoms with Gasteiger partial charge in [-0.05, 0) is 42.3 Å².